The highest BCUT2D eigenvalue weighted by Crippen LogP contribution is 2.29. The number of hydrogen-bond donors (Lipinski definition) is 0. The van der Waals surface area contributed by atoms with Gasteiger partial charge in [0.15, 0.2) is 4.32 Å². The monoisotopic (exact) mass is 284 g/mol. The van der Waals surface area contributed by atoms with Crippen LogP contribution in [0.1, 0.15) is 0 Å². The third-order valence-electron chi connectivity index (χ3n) is 2.83. The van der Waals surface area contributed by atoms with E-state index in [1.807, 2.05) is 36.4 Å². The fourth-order valence-electron chi connectivity index (χ4n) is 2.01. The first kappa shape index (κ1) is 12.4. The molecular weight excluding hydrogens is 272 g/mol. The zero-order valence-electron chi connectivity index (χ0n) is 10.2. The van der Waals surface area contributed by atoms with Crippen molar-refractivity contribution in [2.75, 3.05) is 10.7 Å². The van der Waals surface area contributed by atoms with Crippen molar-refractivity contribution in [3.05, 3.63) is 60.7 Å². The Hall–Kier alpha value is -1.65. The summed E-state index contributed by atoms with van der Waals surface area (Å²) in [5, 5.41) is 0. The molecule has 0 saturated carbocycles. The SMILES string of the molecule is S=C1N=C(N(c2ccccc2)c2ccccc2)CS1. The van der Waals surface area contributed by atoms with Gasteiger partial charge in [-0.1, -0.05) is 60.4 Å². The van der Waals surface area contributed by atoms with Gasteiger partial charge < -0.3 is 0 Å². The van der Waals surface area contributed by atoms with Crippen molar-refractivity contribution in [3.63, 3.8) is 0 Å². The zero-order valence-corrected chi connectivity index (χ0v) is 11.8. The van der Waals surface area contributed by atoms with Gasteiger partial charge in [-0.05, 0) is 24.3 Å². The van der Waals surface area contributed by atoms with E-state index in [1.54, 1.807) is 11.8 Å². The fourth-order valence-corrected chi connectivity index (χ4v) is 2.91. The average molecular weight is 284 g/mol. The van der Waals surface area contributed by atoms with Crippen molar-refractivity contribution >= 4 is 45.5 Å². The Labute approximate surface area is 122 Å². The molecule has 0 atom stereocenters. The van der Waals surface area contributed by atoms with Crippen LogP contribution in [-0.4, -0.2) is 15.9 Å². The van der Waals surface area contributed by atoms with Crippen molar-refractivity contribution in [3.8, 4) is 0 Å². The quantitative estimate of drug-likeness (QED) is 0.766. The normalized spacial score (nSPS) is 14.3. The standard InChI is InChI=1S/C15H12N2S2/c18-15-16-14(11-19-15)17(12-7-3-1-4-8-12)13-9-5-2-6-10-13/h1-10H,11H2. The molecule has 94 valence electrons. The van der Waals surface area contributed by atoms with E-state index < -0.39 is 0 Å². The summed E-state index contributed by atoms with van der Waals surface area (Å²) in [5.74, 6) is 1.82. The average Bonchev–Trinajstić information content (AvgIpc) is 2.88. The molecule has 2 aromatic carbocycles. The number of nitrogens with zero attached hydrogens (tertiary/aromatic N) is 2. The summed E-state index contributed by atoms with van der Waals surface area (Å²) in [5.41, 5.74) is 2.22. The van der Waals surface area contributed by atoms with Crippen molar-refractivity contribution in [2.24, 2.45) is 4.99 Å². The number of aliphatic imine (C=N–C) groups is 1. The molecule has 0 aliphatic carbocycles. The topological polar surface area (TPSA) is 15.6 Å². The van der Waals surface area contributed by atoms with E-state index in [9.17, 15) is 0 Å². The molecular formula is C15H12N2S2. The summed E-state index contributed by atoms with van der Waals surface area (Å²) < 4.78 is 0.715. The minimum absolute atomic E-state index is 0.715. The molecule has 0 fully saturated rings. The lowest BCUT2D eigenvalue weighted by Crippen LogP contribution is -2.26. The molecule has 2 nitrogen and oxygen atoms in total. The maximum absolute atomic E-state index is 5.16. The van der Waals surface area contributed by atoms with Crippen LogP contribution < -0.4 is 4.90 Å². The predicted molar refractivity (Wildman–Crippen MR) is 87.5 cm³/mol. The Kier molecular flexibility index (Phi) is 3.62. The molecule has 0 N–H and O–H groups in total. The fraction of sp³-hybridized carbons (Fsp3) is 0.0667. The first-order valence-corrected chi connectivity index (χ1v) is 7.38. The molecule has 0 amide bonds. The van der Waals surface area contributed by atoms with Gasteiger partial charge in [-0.3, -0.25) is 4.90 Å². The number of anilines is 2. The van der Waals surface area contributed by atoms with Crippen molar-refractivity contribution in [1.29, 1.82) is 0 Å². The minimum atomic E-state index is 0.715. The molecule has 0 spiro atoms. The third kappa shape index (κ3) is 2.69. The summed E-state index contributed by atoms with van der Waals surface area (Å²) in [6.45, 7) is 0. The van der Waals surface area contributed by atoms with Gasteiger partial charge in [-0.15, -0.1) is 0 Å². The first-order valence-electron chi connectivity index (χ1n) is 5.99. The summed E-state index contributed by atoms with van der Waals surface area (Å²) >= 11 is 6.77. The number of rotatable bonds is 2. The van der Waals surface area contributed by atoms with E-state index in [4.69, 9.17) is 12.2 Å². The number of para-hydroxylation sites is 2. The van der Waals surface area contributed by atoms with Crippen molar-refractivity contribution in [2.45, 2.75) is 0 Å². The van der Waals surface area contributed by atoms with Gasteiger partial charge in [0, 0.05) is 11.4 Å². The molecule has 0 aromatic heterocycles. The molecule has 4 heteroatoms. The third-order valence-corrected chi connectivity index (χ3v) is 4.02. The Balaban J connectivity index is 2.07. The van der Waals surface area contributed by atoms with Crippen LogP contribution in [0.15, 0.2) is 65.7 Å². The second-order valence-corrected chi connectivity index (χ2v) is 5.70. The smallest absolute Gasteiger partial charge is 0.162 e. The highest BCUT2D eigenvalue weighted by molar-refractivity contribution is 8.23. The van der Waals surface area contributed by atoms with Crippen molar-refractivity contribution < 1.29 is 0 Å². The number of benzene rings is 2. The predicted octanol–water partition coefficient (Wildman–Crippen LogP) is 4.25. The van der Waals surface area contributed by atoms with Crippen LogP contribution in [0.3, 0.4) is 0 Å². The van der Waals surface area contributed by atoms with Gasteiger partial charge >= 0.3 is 0 Å². The molecule has 0 saturated heterocycles. The lowest BCUT2D eigenvalue weighted by Gasteiger charge is -2.24. The van der Waals surface area contributed by atoms with E-state index >= 15 is 0 Å². The van der Waals surface area contributed by atoms with E-state index in [1.165, 1.54) is 0 Å². The Morgan fingerprint density at radius 1 is 0.895 bits per heavy atom. The summed E-state index contributed by atoms with van der Waals surface area (Å²) in [7, 11) is 0. The van der Waals surface area contributed by atoms with Gasteiger partial charge in [0.2, 0.25) is 0 Å². The first-order chi connectivity index (χ1) is 9.34. The Morgan fingerprint density at radius 2 is 1.42 bits per heavy atom. The van der Waals surface area contributed by atoms with Gasteiger partial charge in [0.1, 0.15) is 5.84 Å². The zero-order chi connectivity index (χ0) is 13.1. The van der Waals surface area contributed by atoms with Crippen LogP contribution in [0.2, 0.25) is 0 Å². The molecule has 1 aliphatic rings. The molecule has 19 heavy (non-hydrogen) atoms. The Morgan fingerprint density at radius 3 is 1.84 bits per heavy atom. The highest BCUT2D eigenvalue weighted by atomic mass is 32.2. The number of hydrogen-bond acceptors (Lipinski definition) is 3. The number of thiocarbonyl (C=S) groups is 1. The number of thioether (sulfide) groups is 1. The van der Waals surface area contributed by atoms with Gasteiger partial charge in [0.05, 0.1) is 5.75 Å². The minimum Gasteiger partial charge on any atom is -0.298 e. The van der Waals surface area contributed by atoms with Gasteiger partial charge in [-0.25, -0.2) is 4.99 Å². The Bertz CT molecular complexity index is 569. The van der Waals surface area contributed by atoms with Crippen LogP contribution in [0, 0.1) is 0 Å². The van der Waals surface area contributed by atoms with E-state index in [0.29, 0.717) is 4.32 Å². The summed E-state index contributed by atoms with van der Waals surface area (Å²) in [6, 6.07) is 20.5. The molecule has 0 unspecified atom stereocenters. The van der Waals surface area contributed by atoms with Crippen LogP contribution in [0.25, 0.3) is 0 Å². The lowest BCUT2D eigenvalue weighted by molar-refractivity contribution is 1.33. The molecule has 2 aromatic rings. The van der Waals surface area contributed by atoms with Gasteiger partial charge in [0.25, 0.3) is 0 Å². The lowest BCUT2D eigenvalue weighted by atomic mass is 10.2. The molecule has 1 aliphatic heterocycles. The molecule has 0 radical (unpaired) electrons. The van der Waals surface area contributed by atoms with E-state index in [2.05, 4.69) is 34.2 Å². The number of amidine groups is 1. The van der Waals surface area contributed by atoms with E-state index in [-0.39, 0.29) is 0 Å². The maximum atomic E-state index is 5.16. The second kappa shape index (κ2) is 5.55. The molecule has 0 bridgehead atoms. The molecule has 3 rings (SSSR count). The van der Waals surface area contributed by atoms with E-state index in [0.717, 1.165) is 23.0 Å². The highest BCUT2D eigenvalue weighted by Gasteiger charge is 2.21. The van der Waals surface area contributed by atoms with Crippen LogP contribution >= 0.6 is 24.0 Å². The molecule has 1 heterocycles. The van der Waals surface area contributed by atoms with Crippen molar-refractivity contribution in [1.82, 2.24) is 0 Å². The largest absolute Gasteiger partial charge is 0.298 e. The summed E-state index contributed by atoms with van der Waals surface area (Å²) in [4.78, 5) is 6.64. The summed E-state index contributed by atoms with van der Waals surface area (Å²) in [6.07, 6.45) is 0. The van der Waals surface area contributed by atoms with Crippen LogP contribution in [0.4, 0.5) is 11.4 Å². The van der Waals surface area contributed by atoms with Gasteiger partial charge in [-0.2, -0.15) is 0 Å². The van der Waals surface area contributed by atoms with Crippen LogP contribution in [0.5, 0.6) is 0 Å². The second-order valence-electron chi connectivity index (χ2n) is 4.09. The maximum Gasteiger partial charge on any atom is 0.162 e. The van der Waals surface area contributed by atoms with Crippen LogP contribution in [-0.2, 0) is 0 Å².